The van der Waals surface area contributed by atoms with Crippen molar-refractivity contribution in [2.45, 2.75) is 102 Å². The Morgan fingerprint density at radius 2 is 1.73 bits per heavy atom. The standard InChI is InChI=1S/C54H57ClN4O5/c1-34(32-64-49-20-26-56-47-13-7-9-36(3)50(47)49)27-39-28-38-17-16-37(29-46(38)53(39)21-23-54(24-22-53,52(60)61)59-41-11-8-10-40(55)30-41)45-31-43(18-15-35(45)2)63-33-42-19-25-57-51(58-42)44-12-5-6-14-48(44)62-4/h5-6,8,10-12,14-20,25-26,29-31,34,36,39,59H,7,9,13,21-24,27-28,32-33H2,1-4H3,(H,60,61)/t34?,36-,39?,53?,54?/m1/s1. The van der Waals surface area contributed by atoms with Crippen LogP contribution in [0, 0.1) is 18.8 Å². The van der Waals surface area contributed by atoms with Gasteiger partial charge in [-0.2, -0.15) is 0 Å². The summed E-state index contributed by atoms with van der Waals surface area (Å²) in [4.78, 5) is 27.3. The van der Waals surface area contributed by atoms with Crippen molar-refractivity contribution in [1.82, 2.24) is 15.0 Å². The van der Waals surface area contributed by atoms with Crippen LogP contribution in [0.15, 0.2) is 109 Å². The van der Waals surface area contributed by atoms with Crippen LogP contribution in [0.4, 0.5) is 5.69 Å². The number of pyridine rings is 1. The lowest BCUT2D eigenvalue weighted by atomic mass is 9.59. The van der Waals surface area contributed by atoms with Gasteiger partial charge in [-0.05, 0) is 170 Å². The number of nitrogens with zero attached hydrogens (tertiary/aromatic N) is 3. The average molecular weight is 878 g/mol. The fourth-order valence-corrected chi connectivity index (χ4v) is 11.1. The van der Waals surface area contributed by atoms with Crippen LogP contribution >= 0.6 is 11.6 Å². The number of carbonyl (C=O) groups is 1. The topological polar surface area (TPSA) is 116 Å². The van der Waals surface area contributed by atoms with E-state index in [2.05, 4.69) is 61.4 Å². The Balaban J connectivity index is 0.985. The maximum atomic E-state index is 13.2. The molecule has 0 amide bonds. The molecular formula is C54H57ClN4O5. The SMILES string of the molecule is COc1ccccc1-c1nccc(COc2ccc(C)c(-c3ccc4c(c3)C3(CCC(Nc5cccc(Cl)c5)(C(=O)O)CC3)C(CC(C)COc3ccnc5c3[C@H](C)CCC5)C4)c2)n1. The predicted molar refractivity (Wildman–Crippen MR) is 253 cm³/mol. The van der Waals surface area contributed by atoms with E-state index in [-0.39, 0.29) is 17.9 Å². The summed E-state index contributed by atoms with van der Waals surface area (Å²) in [6, 6.07) is 32.2. The summed E-state index contributed by atoms with van der Waals surface area (Å²) in [5.74, 6) is 3.25. The molecule has 2 aromatic heterocycles. The van der Waals surface area contributed by atoms with E-state index in [1.54, 1.807) is 13.3 Å². The second kappa shape index (κ2) is 18.3. The number of hydrogen-bond acceptors (Lipinski definition) is 8. The van der Waals surface area contributed by atoms with Crippen LogP contribution in [-0.4, -0.2) is 45.3 Å². The lowest BCUT2D eigenvalue weighted by molar-refractivity contribution is -0.144. The number of methoxy groups -OCH3 is 1. The molecule has 4 aromatic carbocycles. The van der Waals surface area contributed by atoms with Crippen LogP contribution in [0.5, 0.6) is 17.2 Å². The largest absolute Gasteiger partial charge is 0.496 e. The highest BCUT2D eigenvalue weighted by Crippen LogP contribution is 2.57. The molecule has 1 spiro atoms. The smallest absolute Gasteiger partial charge is 0.329 e. The molecule has 1 saturated carbocycles. The molecule has 0 aliphatic heterocycles. The molecule has 0 bridgehead atoms. The van der Waals surface area contributed by atoms with Gasteiger partial charge in [0.05, 0.1) is 25.0 Å². The molecule has 3 atom stereocenters. The van der Waals surface area contributed by atoms with Gasteiger partial charge in [-0.25, -0.2) is 14.8 Å². The van der Waals surface area contributed by atoms with Gasteiger partial charge < -0.3 is 24.6 Å². The van der Waals surface area contributed by atoms with Gasteiger partial charge in [0.2, 0.25) is 0 Å². The van der Waals surface area contributed by atoms with E-state index in [1.165, 1.54) is 28.8 Å². The molecule has 2 unspecified atom stereocenters. The van der Waals surface area contributed by atoms with Crippen LogP contribution < -0.4 is 19.5 Å². The predicted octanol–water partition coefficient (Wildman–Crippen LogP) is 12.2. The molecule has 64 heavy (non-hydrogen) atoms. The van der Waals surface area contributed by atoms with E-state index in [0.29, 0.717) is 47.9 Å². The van der Waals surface area contributed by atoms with Crippen LogP contribution in [0.1, 0.15) is 98.4 Å². The minimum Gasteiger partial charge on any atom is -0.496 e. The van der Waals surface area contributed by atoms with Gasteiger partial charge in [-0.1, -0.05) is 67.9 Å². The molecule has 0 radical (unpaired) electrons. The van der Waals surface area contributed by atoms with Crippen molar-refractivity contribution in [1.29, 1.82) is 0 Å². The third-order valence-corrected chi connectivity index (χ3v) is 14.5. The van der Waals surface area contributed by atoms with Crippen LogP contribution in [0.3, 0.4) is 0 Å². The molecule has 0 saturated heterocycles. The molecular weight excluding hydrogens is 820 g/mol. The number of rotatable bonds is 14. The molecule has 1 fully saturated rings. The van der Waals surface area contributed by atoms with Gasteiger partial charge in [0, 0.05) is 34.4 Å². The number of aryl methyl sites for hydroxylation is 2. The van der Waals surface area contributed by atoms with Crippen LogP contribution in [-0.2, 0) is 29.7 Å². The summed E-state index contributed by atoms with van der Waals surface area (Å²) in [7, 11) is 1.65. The Hall–Kier alpha value is -5.93. The molecule has 6 aromatic rings. The number of halogens is 1. The van der Waals surface area contributed by atoms with Crippen molar-refractivity contribution < 1.29 is 24.1 Å². The van der Waals surface area contributed by atoms with Crippen molar-refractivity contribution in [2.75, 3.05) is 19.0 Å². The Labute approximate surface area is 381 Å². The summed E-state index contributed by atoms with van der Waals surface area (Å²) >= 11 is 6.37. The quantitative estimate of drug-likeness (QED) is 0.110. The first-order valence-electron chi connectivity index (χ1n) is 22.7. The summed E-state index contributed by atoms with van der Waals surface area (Å²) in [6.45, 7) is 7.63. The van der Waals surface area contributed by atoms with E-state index in [1.807, 2.05) is 72.9 Å². The summed E-state index contributed by atoms with van der Waals surface area (Å²) in [5.41, 5.74) is 9.54. The van der Waals surface area contributed by atoms with Crippen molar-refractivity contribution in [3.05, 3.63) is 148 Å². The maximum absolute atomic E-state index is 13.2. The van der Waals surface area contributed by atoms with Crippen molar-refractivity contribution in [3.63, 3.8) is 0 Å². The number of carboxylic acids is 1. The number of aliphatic carboxylic acids is 1. The highest BCUT2D eigenvalue weighted by atomic mass is 35.5. The van der Waals surface area contributed by atoms with Crippen LogP contribution in [0.25, 0.3) is 22.5 Å². The number of hydrogen-bond donors (Lipinski definition) is 2. The van der Waals surface area contributed by atoms with Gasteiger partial charge in [-0.15, -0.1) is 0 Å². The minimum atomic E-state index is -1.10. The first kappa shape index (κ1) is 43.3. The lowest BCUT2D eigenvalue weighted by Crippen LogP contribution is -2.53. The Morgan fingerprint density at radius 3 is 2.55 bits per heavy atom. The van der Waals surface area contributed by atoms with E-state index >= 15 is 0 Å². The molecule has 3 aliphatic rings. The average Bonchev–Trinajstić information content (AvgIpc) is 3.59. The second-order valence-electron chi connectivity index (χ2n) is 18.4. The zero-order chi connectivity index (χ0) is 44.4. The number of carboxylic acid groups (broad SMARTS) is 1. The van der Waals surface area contributed by atoms with Crippen LogP contribution in [0.2, 0.25) is 5.02 Å². The molecule has 10 heteroatoms. The van der Waals surface area contributed by atoms with Gasteiger partial charge in [-0.3, -0.25) is 4.98 Å². The molecule has 9 rings (SSSR count). The monoisotopic (exact) mass is 876 g/mol. The maximum Gasteiger partial charge on any atom is 0.329 e. The Bertz CT molecular complexity index is 2660. The molecule has 3 aliphatic carbocycles. The zero-order valence-electron chi connectivity index (χ0n) is 37.2. The number of fused-ring (bicyclic) bond motifs is 3. The number of para-hydroxylation sites is 1. The van der Waals surface area contributed by atoms with Crippen molar-refractivity contribution >= 4 is 23.3 Å². The number of anilines is 1. The number of aromatic nitrogens is 3. The normalized spacial score (nSPS) is 21.7. The Kier molecular flexibility index (Phi) is 12.4. The summed E-state index contributed by atoms with van der Waals surface area (Å²) < 4.78 is 18.6. The third-order valence-electron chi connectivity index (χ3n) is 14.3. The molecule has 2 N–H and O–H groups in total. The van der Waals surface area contributed by atoms with E-state index < -0.39 is 11.5 Å². The molecule has 330 valence electrons. The number of benzene rings is 4. The van der Waals surface area contributed by atoms with E-state index in [0.717, 1.165) is 83.7 Å². The molecule has 2 heterocycles. The lowest BCUT2D eigenvalue weighted by Gasteiger charge is -2.47. The highest BCUT2D eigenvalue weighted by molar-refractivity contribution is 6.30. The highest BCUT2D eigenvalue weighted by Gasteiger charge is 2.54. The second-order valence-corrected chi connectivity index (χ2v) is 18.8. The van der Waals surface area contributed by atoms with Crippen molar-refractivity contribution in [3.8, 4) is 39.8 Å². The summed E-state index contributed by atoms with van der Waals surface area (Å²) in [5, 5.41) is 14.9. The first-order valence-corrected chi connectivity index (χ1v) is 23.1. The zero-order valence-corrected chi connectivity index (χ0v) is 38.0. The van der Waals surface area contributed by atoms with Gasteiger partial charge in [0.25, 0.3) is 0 Å². The third kappa shape index (κ3) is 8.67. The fraction of sp³-hybridized carbons (Fsp3) is 0.370. The minimum absolute atomic E-state index is 0.201. The van der Waals surface area contributed by atoms with E-state index in [9.17, 15) is 9.90 Å². The first-order chi connectivity index (χ1) is 31.0. The summed E-state index contributed by atoms with van der Waals surface area (Å²) in [6.07, 6.45) is 11.4. The van der Waals surface area contributed by atoms with Crippen molar-refractivity contribution in [2.24, 2.45) is 11.8 Å². The molecule has 9 nitrogen and oxygen atoms in total. The number of ether oxygens (including phenoxy) is 3. The number of nitrogens with one attached hydrogen (secondary N) is 1. The van der Waals surface area contributed by atoms with Gasteiger partial charge in [0.1, 0.15) is 29.4 Å². The Morgan fingerprint density at radius 1 is 0.906 bits per heavy atom. The van der Waals surface area contributed by atoms with Gasteiger partial charge in [0.15, 0.2) is 5.82 Å². The fourth-order valence-electron chi connectivity index (χ4n) is 10.9. The van der Waals surface area contributed by atoms with E-state index in [4.69, 9.17) is 35.8 Å². The van der Waals surface area contributed by atoms with Gasteiger partial charge >= 0.3 is 5.97 Å².